The summed E-state index contributed by atoms with van der Waals surface area (Å²) in [6, 6.07) is 0. The molecule has 0 radical (unpaired) electrons. The summed E-state index contributed by atoms with van der Waals surface area (Å²) in [4.78, 5) is 9.16. The lowest BCUT2D eigenvalue weighted by Gasteiger charge is -2.18. The average Bonchev–Trinajstić information content (AvgIpc) is 2.14. The van der Waals surface area contributed by atoms with Crippen LogP contribution in [-0.4, -0.2) is 32.3 Å². The quantitative estimate of drug-likeness (QED) is 0.519. The maximum atomic E-state index is 11.2. The predicted octanol–water partition coefficient (Wildman–Crippen LogP) is 1.33. The second kappa shape index (κ2) is 6.10. The third-order valence-electron chi connectivity index (χ3n) is 1.38. The van der Waals surface area contributed by atoms with E-state index >= 15 is 0 Å². The molecule has 0 saturated heterocycles. The van der Waals surface area contributed by atoms with E-state index in [9.17, 15) is 4.57 Å². The van der Waals surface area contributed by atoms with Crippen molar-refractivity contribution in [2.75, 3.05) is 27.4 Å². The zero-order chi connectivity index (χ0) is 11.2. The van der Waals surface area contributed by atoms with Crippen LogP contribution in [0.15, 0.2) is 0 Å². The Balaban J connectivity index is 4.50. The Hall–Kier alpha value is 0.420. The van der Waals surface area contributed by atoms with Crippen LogP contribution >= 0.6 is 15.8 Å². The Bertz CT molecular complexity index is 200. The summed E-state index contributed by atoms with van der Waals surface area (Å²) in [6.07, 6.45) is 0.345. The van der Waals surface area contributed by atoms with Gasteiger partial charge in [-0.2, -0.15) is 19.2 Å². The van der Waals surface area contributed by atoms with Gasteiger partial charge in [-0.3, -0.25) is 4.89 Å². The third-order valence-corrected chi connectivity index (χ3v) is 5.50. The highest BCUT2D eigenvalue weighted by Crippen LogP contribution is 2.70. The molecule has 0 saturated carbocycles. The summed E-state index contributed by atoms with van der Waals surface area (Å²) >= 11 is 0. The first-order valence-corrected chi connectivity index (χ1v) is 7.06. The molecule has 0 heterocycles. The minimum atomic E-state index is -4.18. The van der Waals surface area contributed by atoms with Crippen LogP contribution in [0.25, 0.3) is 0 Å². The summed E-state index contributed by atoms with van der Waals surface area (Å²) in [6.45, 7) is 1.72. The number of hydrogen-bond donors (Lipinski definition) is 2. The molecule has 0 spiro atoms. The molecule has 2 N–H and O–H groups in total. The number of nitrogens with one attached hydrogen (secondary N) is 1. The molecule has 0 aliphatic rings. The van der Waals surface area contributed by atoms with Gasteiger partial charge in [-0.05, 0) is 6.92 Å². The van der Waals surface area contributed by atoms with E-state index in [4.69, 9.17) is 18.3 Å². The van der Waals surface area contributed by atoms with Crippen molar-refractivity contribution in [3.05, 3.63) is 0 Å². The normalized spacial score (nSPS) is 16.6. The van der Waals surface area contributed by atoms with Crippen LogP contribution in [0.3, 0.4) is 0 Å². The molecule has 1 unspecified atom stereocenters. The second-order valence-corrected chi connectivity index (χ2v) is 6.50. The maximum absolute atomic E-state index is 11.2. The minimum Gasteiger partial charge on any atom is -0.299 e. The number of rotatable bonds is 7. The van der Waals surface area contributed by atoms with E-state index in [2.05, 4.69) is 10.1 Å². The SMILES string of the molecule is CC[P+](OC)(OC)OP(=O)(O)ONC. The van der Waals surface area contributed by atoms with Crippen LogP contribution in [0.1, 0.15) is 6.92 Å². The molecule has 1 atom stereocenters. The Morgan fingerprint density at radius 1 is 1.43 bits per heavy atom. The molecule has 7 nitrogen and oxygen atoms in total. The van der Waals surface area contributed by atoms with Gasteiger partial charge in [0, 0.05) is 7.05 Å². The van der Waals surface area contributed by atoms with Crippen molar-refractivity contribution in [1.29, 1.82) is 0 Å². The summed E-state index contributed by atoms with van der Waals surface area (Å²) in [5.74, 6) is 0. The van der Waals surface area contributed by atoms with Gasteiger partial charge in [0.05, 0.1) is 14.2 Å². The molecule has 0 bridgehead atoms. The van der Waals surface area contributed by atoms with Gasteiger partial charge < -0.3 is 0 Å². The molecule has 0 aliphatic carbocycles. The van der Waals surface area contributed by atoms with E-state index in [0.717, 1.165) is 0 Å². The highest BCUT2D eigenvalue weighted by molar-refractivity contribution is 7.69. The largest absolute Gasteiger partial charge is 0.527 e. The molecule has 14 heavy (non-hydrogen) atoms. The third kappa shape index (κ3) is 4.29. The molecule has 0 rings (SSSR count). The number of phosphoric acid groups is 1. The van der Waals surface area contributed by atoms with Crippen LogP contribution in [0.4, 0.5) is 0 Å². The van der Waals surface area contributed by atoms with E-state index in [0.29, 0.717) is 6.16 Å². The van der Waals surface area contributed by atoms with Crippen LogP contribution in [-0.2, 0) is 22.5 Å². The van der Waals surface area contributed by atoms with Crippen LogP contribution < -0.4 is 5.48 Å². The minimum absolute atomic E-state index is 0.345. The molecule has 9 heteroatoms. The van der Waals surface area contributed by atoms with Gasteiger partial charge in [0.1, 0.15) is 6.16 Å². The van der Waals surface area contributed by atoms with E-state index in [1.807, 2.05) is 0 Å². The van der Waals surface area contributed by atoms with Gasteiger partial charge in [0.2, 0.25) is 0 Å². The van der Waals surface area contributed by atoms with Gasteiger partial charge >= 0.3 is 15.8 Å². The van der Waals surface area contributed by atoms with Crippen molar-refractivity contribution < 1.29 is 27.4 Å². The van der Waals surface area contributed by atoms with Gasteiger partial charge in [0.15, 0.2) is 0 Å². The standard InChI is InChI=1S/C5H15NO6P2/c1-5-13(9-3,10-4)12-14(7,8)11-6-2/h6H,5H2,1-4H3/p+1. The highest BCUT2D eigenvalue weighted by Gasteiger charge is 2.49. The first-order valence-electron chi connectivity index (χ1n) is 3.84. The van der Waals surface area contributed by atoms with E-state index in [-0.39, 0.29) is 0 Å². The fourth-order valence-electron chi connectivity index (χ4n) is 0.746. The molecule has 0 fully saturated rings. The number of hydroxylamine groups is 1. The molecular weight excluding hydrogens is 232 g/mol. The topological polar surface area (TPSA) is 86.3 Å². The lowest BCUT2D eigenvalue weighted by Crippen LogP contribution is -2.10. The number of hydrogen-bond acceptors (Lipinski definition) is 6. The van der Waals surface area contributed by atoms with Crippen molar-refractivity contribution in [1.82, 2.24) is 5.48 Å². The Morgan fingerprint density at radius 3 is 2.21 bits per heavy atom. The molecule has 86 valence electrons. The fraction of sp³-hybridized carbons (Fsp3) is 1.00. The highest BCUT2D eigenvalue weighted by atomic mass is 31.3. The monoisotopic (exact) mass is 248 g/mol. The van der Waals surface area contributed by atoms with Crippen molar-refractivity contribution in [3.63, 3.8) is 0 Å². The fourth-order valence-corrected chi connectivity index (χ4v) is 4.03. The predicted molar refractivity (Wildman–Crippen MR) is 52.5 cm³/mol. The summed E-state index contributed by atoms with van der Waals surface area (Å²) < 4.78 is 30.2. The van der Waals surface area contributed by atoms with E-state index in [1.165, 1.54) is 21.3 Å². The van der Waals surface area contributed by atoms with Crippen LogP contribution in [0.5, 0.6) is 0 Å². The van der Waals surface area contributed by atoms with Gasteiger partial charge in [-0.1, -0.05) is 4.31 Å². The molecular formula is C5H16NO6P2+. The Morgan fingerprint density at radius 2 is 1.93 bits per heavy atom. The van der Waals surface area contributed by atoms with Crippen molar-refractivity contribution in [2.24, 2.45) is 0 Å². The van der Waals surface area contributed by atoms with Crippen LogP contribution in [0.2, 0.25) is 0 Å². The average molecular weight is 248 g/mol. The van der Waals surface area contributed by atoms with Crippen LogP contribution in [0, 0.1) is 0 Å². The summed E-state index contributed by atoms with van der Waals surface area (Å²) in [7, 11) is -2.90. The van der Waals surface area contributed by atoms with Crippen molar-refractivity contribution in [2.45, 2.75) is 6.92 Å². The molecule has 0 aromatic carbocycles. The van der Waals surface area contributed by atoms with Gasteiger partial charge in [-0.25, -0.2) is 4.57 Å². The zero-order valence-electron chi connectivity index (χ0n) is 8.59. The first kappa shape index (κ1) is 14.4. The smallest absolute Gasteiger partial charge is 0.299 e. The molecule has 0 aromatic heterocycles. The lowest BCUT2D eigenvalue weighted by atomic mass is 11.0. The van der Waals surface area contributed by atoms with Gasteiger partial charge in [0.25, 0.3) is 0 Å². The maximum Gasteiger partial charge on any atom is 0.527 e. The molecule has 0 amide bonds. The van der Waals surface area contributed by atoms with Crippen molar-refractivity contribution in [3.8, 4) is 0 Å². The summed E-state index contributed by atoms with van der Waals surface area (Å²) in [5, 5.41) is 0. The van der Waals surface area contributed by atoms with Gasteiger partial charge in [-0.15, -0.1) is 0 Å². The second-order valence-electron chi connectivity index (χ2n) is 2.14. The summed E-state index contributed by atoms with van der Waals surface area (Å²) in [5.41, 5.74) is 2.07. The molecule has 0 aromatic rings. The zero-order valence-corrected chi connectivity index (χ0v) is 10.4. The first-order chi connectivity index (χ1) is 6.45. The molecule has 0 aliphatic heterocycles. The Kier molecular flexibility index (Phi) is 6.28. The van der Waals surface area contributed by atoms with E-state index < -0.39 is 15.8 Å². The van der Waals surface area contributed by atoms with Crippen molar-refractivity contribution >= 4 is 15.8 Å². The lowest BCUT2D eigenvalue weighted by molar-refractivity contribution is 0.130. The Labute approximate surface area is 83.8 Å². The van der Waals surface area contributed by atoms with E-state index in [1.54, 1.807) is 6.92 Å².